The second kappa shape index (κ2) is 10.4. The van der Waals surface area contributed by atoms with Crippen LogP contribution in [0.15, 0.2) is 42.6 Å². The molecule has 4 aromatic rings. The van der Waals surface area contributed by atoms with E-state index in [1.54, 1.807) is 10.9 Å². The summed E-state index contributed by atoms with van der Waals surface area (Å²) in [5.41, 5.74) is -1.84. The van der Waals surface area contributed by atoms with Gasteiger partial charge < -0.3 is 25.6 Å². The van der Waals surface area contributed by atoms with E-state index in [2.05, 4.69) is 15.4 Å². The van der Waals surface area contributed by atoms with E-state index in [9.17, 15) is 36.6 Å². The average Bonchev–Trinajstić information content (AvgIpc) is 3.65. The standard InChI is InChI=1S/C30H26F5N5O5/c1-28(27(36)42)13-45-25-19(28)10-22(38-24(25)18-6-3-16(31)9-20(18)32)29(43,30(33,34)35)12-37-26(41)14-7-15-11-40(17-4-5-17)39-23(15)21(8-14)44-2/h3,6-11,17,43H,4-5,12-13H2,1-2H3,(H2,36,42)(H,37,41)/t28-,29+/m0/s1. The van der Waals surface area contributed by atoms with Gasteiger partial charge in [-0.05, 0) is 50.1 Å². The largest absolute Gasteiger partial charge is 0.494 e. The van der Waals surface area contributed by atoms with Crippen LogP contribution in [0.1, 0.15) is 47.4 Å². The van der Waals surface area contributed by atoms with Gasteiger partial charge in [0.15, 0.2) is 0 Å². The van der Waals surface area contributed by atoms with Gasteiger partial charge in [-0.2, -0.15) is 18.3 Å². The van der Waals surface area contributed by atoms with Crippen molar-refractivity contribution in [2.24, 2.45) is 5.73 Å². The molecule has 1 aliphatic carbocycles. The Kier molecular flexibility index (Phi) is 6.99. The highest BCUT2D eigenvalue weighted by molar-refractivity contribution is 6.00. The van der Waals surface area contributed by atoms with Gasteiger partial charge in [-0.25, -0.2) is 13.8 Å². The van der Waals surface area contributed by atoms with Crippen molar-refractivity contribution in [2.75, 3.05) is 20.3 Å². The average molecular weight is 632 g/mol. The number of nitrogens with one attached hydrogen (secondary N) is 1. The van der Waals surface area contributed by atoms with E-state index in [-0.39, 0.29) is 28.7 Å². The van der Waals surface area contributed by atoms with E-state index >= 15 is 0 Å². The number of benzene rings is 2. The van der Waals surface area contributed by atoms with Crippen LogP contribution in [-0.4, -0.2) is 58.1 Å². The smallest absolute Gasteiger partial charge is 0.424 e. The highest BCUT2D eigenvalue weighted by Crippen LogP contribution is 2.48. The molecule has 6 rings (SSSR count). The van der Waals surface area contributed by atoms with E-state index < -0.39 is 70.7 Å². The lowest BCUT2D eigenvalue weighted by atomic mass is 9.81. The van der Waals surface area contributed by atoms with Gasteiger partial charge in [0.2, 0.25) is 11.5 Å². The van der Waals surface area contributed by atoms with Crippen LogP contribution in [0.3, 0.4) is 0 Å². The number of aromatic nitrogens is 3. The van der Waals surface area contributed by atoms with E-state index in [0.29, 0.717) is 17.0 Å². The molecule has 3 heterocycles. The second-order valence-electron chi connectivity index (χ2n) is 11.3. The van der Waals surface area contributed by atoms with E-state index in [4.69, 9.17) is 15.2 Å². The van der Waals surface area contributed by atoms with E-state index in [0.717, 1.165) is 31.0 Å². The van der Waals surface area contributed by atoms with Crippen LogP contribution in [0.4, 0.5) is 22.0 Å². The Bertz CT molecular complexity index is 1870. The fraction of sp³-hybridized carbons (Fsp3) is 0.333. The highest BCUT2D eigenvalue weighted by Gasteiger charge is 2.58. The Balaban J connectivity index is 1.41. The van der Waals surface area contributed by atoms with Crippen molar-refractivity contribution < 1.29 is 46.1 Å². The van der Waals surface area contributed by atoms with Crippen molar-refractivity contribution in [1.82, 2.24) is 20.1 Å². The van der Waals surface area contributed by atoms with Gasteiger partial charge in [0, 0.05) is 34.3 Å². The zero-order valence-corrected chi connectivity index (χ0v) is 23.8. The molecule has 15 heteroatoms. The number of fused-ring (bicyclic) bond motifs is 2. The Hall–Kier alpha value is -4.79. The minimum atomic E-state index is -5.45. The number of primary amides is 1. The van der Waals surface area contributed by atoms with Crippen LogP contribution in [-0.2, 0) is 15.8 Å². The van der Waals surface area contributed by atoms with Gasteiger partial charge in [0.05, 0.1) is 25.4 Å². The molecule has 10 nitrogen and oxygen atoms in total. The molecule has 2 atom stereocenters. The van der Waals surface area contributed by atoms with Crippen molar-refractivity contribution in [2.45, 2.75) is 43.0 Å². The molecule has 0 bridgehead atoms. The third-order valence-electron chi connectivity index (χ3n) is 8.19. The number of alkyl halides is 3. The zero-order valence-electron chi connectivity index (χ0n) is 23.8. The van der Waals surface area contributed by atoms with Crippen LogP contribution in [0, 0.1) is 11.6 Å². The fourth-order valence-electron chi connectivity index (χ4n) is 5.24. The van der Waals surface area contributed by atoms with Crippen LogP contribution < -0.4 is 20.5 Å². The molecule has 2 aromatic carbocycles. The number of halogens is 5. The summed E-state index contributed by atoms with van der Waals surface area (Å²) in [4.78, 5) is 29.5. The topological polar surface area (TPSA) is 142 Å². The van der Waals surface area contributed by atoms with Crippen LogP contribution in [0.5, 0.6) is 11.5 Å². The maximum Gasteiger partial charge on any atom is 0.424 e. The van der Waals surface area contributed by atoms with Crippen molar-refractivity contribution in [3.63, 3.8) is 0 Å². The SMILES string of the molecule is COc1cc(C(=O)NC[C@@](O)(c2cc3c(c(-c4ccc(F)cc4F)n2)OC[C@]3(C)C(N)=O)C(F)(F)F)cc2cn(C3CC3)nc12. The maximum absolute atomic E-state index is 14.9. The van der Waals surface area contributed by atoms with Gasteiger partial charge in [0.1, 0.15) is 46.4 Å². The van der Waals surface area contributed by atoms with Gasteiger partial charge in [-0.15, -0.1) is 0 Å². The number of methoxy groups -OCH3 is 1. The predicted octanol–water partition coefficient (Wildman–Crippen LogP) is 4.04. The fourth-order valence-corrected chi connectivity index (χ4v) is 5.24. The summed E-state index contributed by atoms with van der Waals surface area (Å²) < 4.78 is 85.3. The molecule has 0 unspecified atom stereocenters. The molecular weight excluding hydrogens is 605 g/mol. The molecule has 0 saturated heterocycles. The molecule has 4 N–H and O–H groups in total. The molecule has 1 fully saturated rings. The lowest BCUT2D eigenvalue weighted by Crippen LogP contribution is -2.51. The lowest BCUT2D eigenvalue weighted by molar-refractivity contribution is -0.265. The number of carbonyl (C=O) groups excluding carboxylic acids is 2. The molecule has 1 saturated carbocycles. The predicted molar refractivity (Wildman–Crippen MR) is 148 cm³/mol. The number of amides is 2. The number of nitrogens with zero attached hydrogens (tertiary/aromatic N) is 3. The summed E-state index contributed by atoms with van der Waals surface area (Å²) in [6, 6.07) is 6.04. The van der Waals surface area contributed by atoms with Gasteiger partial charge in [0.25, 0.3) is 5.91 Å². The summed E-state index contributed by atoms with van der Waals surface area (Å²) >= 11 is 0. The molecule has 1 aliphatic heterocycles. The molecule has 2 aromatic heterocycles. The number of aliphatic hydroxyl groups is 1. The number of pyridine rings is 1. The number of carbonyl (C=O) groups is 2. The first-order chi connectivity index (χ1) is 21.2. The zero-order chi connectivity index (χ0) is 32.5. The normalized spacial score (nSPS) is 19.1. The van der Waals surface area contributed by atoms with Crippen molar-refractivity contribution >= 4 is 22.7 Å². The number of hydrogen-bond donors (Lipinski definition) is 3. The number of rotatable bonds is 8. The summed E-state index contributed by atoms with van der Waals surface area (Å²) in [7, 11) is 1.36. The Labute approximate surface area is 251 Å². The molecule has 2 aliphatic rings. The van der Waals surface area contributed by atoms with Gasteiger partial charge in [-0.1, -0.05) is 0 Å². The lowest BCUT2D eigenvalue weighted by Gasteiger charge is -2.31. The number of ether oxygens (including phenoxy) is 2. The molecular formula is C30H26F5N5O5. The van der Waals surface area contributed by atoms with E-state index in [1.165, 1.54) is 26.2 Å². The number of hydrogen-bond acceptors (Lipinski definition) is 7. The first-order valence-corrected chi connectivity index (χ1v) is 13.7. The quantitative estimate of drug-likeness (QED) is 0.249. The summed E-state index contributed by atoms with van der Waals surface area (Å²) in [6.45, 7) is -0.539. The molecule has 236 valence electrons. The first-order valence-electron chi connectivity index (χ1n) is 13.7. The van der Waals surface area contributed by atoms with Gasteiger partial charge >= 0.3 is 6.18 Å². The van der Waals surface area contributed by atoms with Crippen molar-refractivity contribution in [3.8, 4) is 22.8 Å². The maximum atomic E-state index is 14.9. The summed E-state index contributed by atoms with van der Waals surface area (Å²) in [5.74, 6) is -4.13. The minimum absolute atomic E-state index is 0.0649. The summed E-state index contributed by atoms with van der Waals surface area (Å²) in [6.07, 6.45) is -1.86. The first kappa shape index (κ1) is 30.2. The van der Waals surface area contributed by atoms with Crippen molar-refractivity contribution in [3.05, 3.63) is 71.1 Å². The van der Waals surface area contributed by atoms with E-state index in [1.807, 2.05) is 0 Å². The monoisotopic (exact) mass is 631 g/mol. The molecule has 0 radical (unpaired) electrons. The third kappa shape index (κ3) is 5.00. The molecule has 45 heavy (non-hydrogen) atoms. The van der Waals surface area contributed by atoms with Crippen LogP contribution >= 0.6 is 0 Å². The Morgan fingerprint density at radius 2 is 1.93 bits per heavy atom. The highest BCUT2D eigenvalue weighted by atomic mass is 19.4. The second-order valence-corrected chi connectivity index (χ2v) is 11.3. The minimum Gasteiger partial charge on any atom is -0.494 e. The third-order valence-corrected chi connectivity index (χ3v) is 8.19. The Morgan fingerprint density at radius 3 is 2.56 bits per heavy atom. The van der Waals surface area contributed by atoms with Crippen LogP contribution in [0.25, 0.3) is 22.2 Å². The number of nitrogens with two attached hydrogens (primary N) is 1. The molecule has 2 amide bonds. The Morgan fingerprint density at radius 1 is 1.20 bits per heavy atom. The molecule has 0 spiro atoms. The summed E-state index contributed by atoms with van der Waals surface area (Å²) in [5, 5.41) is 18.3. The van der Waals surface area contributed by atoms with Gasteiger partial charge in [-0.3, -0.25) is 14.3 Å². The van der Waals surface area contributed by atoms with Crippen molar-refractivity contribution in [1.29, 1.82) is 0 Å². The van der Waals surface area contributed by atoms with Crippen LogP contribution in [0.2, 0.25) is 0 Å².